The third kappa shape index (κ3) is 6.16. The molecule has 0 N–H and O–H groups in total. The number of ketones is 1. The highest BCUT2D eigenvalue weighted by molar-refractivity contribution is 6.09. The lowest BCUT2D eigenvalue weighted by atomic mass is 9.77. The van der Waals surface area contributed by atoms with Gasteiger partial charge in [-0.1, -0.05) is 139 Å². The quantitative estimate of drug-likeness (QED) is 0.219. The van der Waals surface area contributed by atoms with Gasteiger partial charge in [-0.3, -0.25) is 4.79 Å². The molecule has 0 bridgehead atoms. The van der Waals surface area contributed by atoms with Crippen LogP contribution in [0.5, 0.6) is 0 Å². The molecule has 38 heavy (non-hydrogen) atoms. The van der Waals surface area contributed by atoms with Crippen molar-refractivity contribution in [2.24, 2.45) is 0 Å². The lowest BCUT2D eigenvalue weighted by Crippen LogP contribution is -2.19. The zero-order valence-electron chi connectivity index (χ0n) is 24.2. The van der Waals surface area contributed by atoms with E-state index in [-0.39, 0.29) is 16.6 Å². The number of aryl methyl sites for hydroxylation is 2. The van der Waals surface area contributed by atoms with Crippen molar-refractivity contribution in [3.63, 3.8) is 0 Å². The second-order valence-electron chi connectivity index (χ2n) is 12.2. The summed E-state index contributed by atoms with van der Waals surface area (Å²) in [4.78, 5) is 13.0. The second kappa shape index (κ2) is 11.1. The van der Waals surface area contributed by atoms with Crippen LogP contribution in [0.15, 0.2) is 91.0 Å². The molecule has 0 heterocycles. The molecule has 0 amide bonds. The first-order valence-electron chi connectivity index (χ1n) is 13.9. The molecular formula is C37H42O. The van der Waals surface area contributed by atoms with Gasteiger partial charge in [0.15, 0.2) is 5.78 Å². The standard InChI is InChI=1S/C37H42O/c1-8-9-31-25-34(19-10-26(31)2)37(6,7)33-20-13-28(14-21-33)24-27-11-15-29(16-12-27)35(38)30-17-22-32(23-18-30)36(3,4)5/h10-23,25H,8-9,24H2,1-7H3. The molecule has 0 atom stereocenters. The number of benzene rings is 4. The summed E-state index contributed by atoms with van der Waals surface area (Å²) in [7, 11) is 0. The Kier molecular flexibility index (Phi) is 8.07. The molecule has 0 saturated heterocycles. The molecule has 4 aromatic rings. The Hall–Kier alpha value is -3.45. The van der Waals surface area contributed by atoms with Crippen molar-refractivity contribution in [3.8, 4) is 0 Å². The average molecular weight is 503 g/mol. The molecule has 0 aliphatic carbocycles. The summed E-state index contributed by atoms with van der Waals surface area (Å²) in [5, 5.41) is 0. The van der Waals surface area contributed by atoms with Crippen molar-refractivity contribution in [2.45, 2.75) is 78.6 Å². The predicted octanol–water partition coefficient (Wildman–Crippen LogP) is 9.39. The first kappa shape index (κ1) is 27.6. The molecule has 0 fully saturated rings. The Labute approximate surface area is 230 Å². The van der Waals surface area contributed by atoms with Crippen LogP contribution in [0.4, 0.5) is 0 Å². The van der Waals surface area contributed by atoms with E-state index in [1.807, 2.05) is 24.3 Å². The molecule has 0 aromatic heterocycles. The topological polar surface area (TPSA) is 17.1 Å². The van der Waals surface area contributed by atoms with Gasteiger partial charge in [0.25, 0.3) is 0 Å². The van der Waals surface area contributed by atoms with Crippen LogP contribution in [0.25, 0.3) is 0 Å². The van der Waals surface area contributed by atoms with Crippen molar-refractivity contribution in [1.82, 2.24) is 0 Å². The normalized spacial score (nSPS) is 12.0. The summed E-state index contributed by atoms with van der Waals surface area (Å²) in [6.45, 7) is 15.6. The Balaban J connectivity index is 1.45. The van der Waals surface area contributed by atoms with Gasteiger partial charge in [-0.2, -0.15) is 0 Å². The summed E-state index contributed by atoms with van der Waals surface area (Å²) >= 11 is 0. The minimum atomic E-state index is -0.0538. The van der Waals surface area contributed by atoms with E-state index < -0.39 is 0 Å². The van der Waals surface area contributed by atoms with Gasteiger partial charge in [-0.25, -0.2) is 0 Å². The third-order valence-corrected chi connectivity index (χ3v) is 7.90. The number of carbonyl (C=O) groups is 1. The van der Waals surface area contributed by atoms with Gasteiger partial charge in [-0.05, 0) is 64.1 Å². The summed E-state index contributed by atoms with van der Waals surface area (Å²) in [6.07, 6.45) is 3.14. The maximum atomic E-state index is 13.0. The van der Waals surface area contributed by atoms with Gasteiger partial charge in [0.05, 0.1) is 0 Å². The maximum Gasteiger partial charge on any atom is 0.193 e. The molecule has 0 radical (unpaired) electrons. The van der Waals surface area contributed by atoms with Crippen molar-refractivity contribution < 1.29 is 4.79 Å². The number of hydrogen-bond acceptors (Lipinski definition) is 1. The van der Waals surface area contributed by atoms with Gasteiger partial charge in [0, 0.05) is 16.5 Å². The van der Waals surface area contributed by atoms with Crippen LogP contribution in [0.2, 0.25) is 0 Å². The molecule has 4 aromatic carbocycles. The number of hydrogen-bond donors (Lipinski definition) is 0. The van der Waals surface area contributed by atoms with Crippen LogP contribution in [-0.2, 0) is 23.7 Å². The van der Waals surface area contributed by atoms with E-state index in [1.165, 1.54) is 45.4 Å². The molecule has 0 spiro atoms. The fraction of sp³-hybridized carbons (Fsp3) is 0.324. The molecular weight excluding hydrogens is 460 g/mol. The minimum Gasteiger partial charge on any atom is -0.289 e. The van der Waals surface area contributed by atoms with E-state index in [0.717, 1.165) is 24.0 Å². The monoisotopic (exact) mass is 502 g/mol. The van der Waals surface area contributed by atoms with Crippen LogP contribution in [0, 0.1) is 6.92 Å². The molecule has 1 nitrogen and oxygen atoms in total. The Bertz CT molecular complexity index is 1380. The van der Waals surface area contributed by atoms with Crippen LogP contribution in [-0.4, -0.2) is 5.78 Å². The van der Waals surface area contributed by atoms with Crippen LogP contribution < -0.4 is 0 Å². The van der Waals surface area contributed by atoms with Gasteiger partial charge in [0.2, 0.25) is 0 Å². The first-order chi connectivity index (χ1) is 18.0. The molecule has 0 unspecified atom stereocenters. The molecule has 0 aliphatic heterocycles. The minimum absolute atomic E-state index is 0.0538. The fourth-order valence-electron chi connectivity index (χ4n) is 5.10. The van der Waals surface area contributed by atoms with Gasteiger partial charge < -0.3 is 0 Å². The summed E-state index contributed by atoms with van der Waals surface area (Å²) in [5.74, 6) is 0.0711. The molecule has 0 aliphatic rings. The van der Waals surface area contributed by atoms with E-state index in [0.29, 0.717) is 0 Å². The van der Waals surface area contributed by atoms with Gasteiger partial charge in [0.1, 0.15) is 0 Å². The number of rotatable bonds is 8. The third-order valence-electron chi connectivity index (χ3n) is 7.90. The van der Waals surface area contributed by atoms with Crippen LogP contribution >= 0.6 is 0 Å². The Morgan fingerprint density at radius 2 is 1.11 bits per heavy atom. The maximum absolute atomic E-state index is 13.0. The predicted molar refractivity (Wildman–Crippen MR) is 162 cm³/mol. The Morgan fingerprint density at radius 1 is 0.632 bits per heavy atom. The molecule has 196 valence electrons. The average Bonchev–Trinajstić information content (AvgIpc) is 2.90. The van der Waals surface area contributed by atoms with Crippen molar-refractivity contribution in [2.75, 3.05) is 0 Å². The van der Waals surface area contributed by atoms with Crippen LogP contribution in [0.1, 0.15) is 103 Å². The first-order valence-corrected chi connectivity index (χ1v) is 13.9. The van der Waals surface area contributed by atoms with Gasteiger partial charge >= 0.3 is 0 Å². The summed E-state index contributed by atoms with van der Waals surface area (Å²) in [5.41, 5.74) is 10.7. The smallest absolute Gasteiger partial charge is 0.193 e. The van der Waals surface area contributed by atoms with Gasteiger partial charge in [-0.15, -0.1) is 0 Å². The van der Waals surface area contributed by atoms with E-state index in [1.54, 1.807) is 0 Å². The highest BCUT2D eigenvalue weighted by Crippen LogP contribution is 2.33. The van der Waals surface area contributed by atoms with Crippen molar-refractivity contribution in [1.29, 1.82) is 0 Å². The lowest BCUT2D eigenvalue weighted by molar-refractivity contribution is 0.103. The zero-order chi connectivity index (χ0) is 27.5. The highest BCUT2D eigenvalue weighted by Gasteiger charge is 2.23. The van der Waals surface area contributed by atoms with Crippen LogP contribution in [0.3, 0.4) is 0 Å². The summed E-state index contributed by atoms with van der Waals surface area (Å²) < 4.78 is 0. The van der Waals surface area contributed by atoms with E-state index in [4.69, 9.17) is 0 Å². The fourth-order valence-corrected chi connectivity index (χ4v) is 5.10. The second-order valence-corrected chi connectivity index (χ2v) is 12.2. The molecule has 4 rings (SSSR count). The van der Waals surface area contributed by atoms with E-state index in [9.17, 15) is 4.79 Å². The SMILES string of the molecule is CCCc1cc(C(C)(C)c2ccc(Cc3ccc(C(=O)c4ccc(C(C)(C)C)cc4)cc3)cc2)ccc1C. The lowest BCUT2D eigenvalue weighted by Gasteiger charge is -2.27. The molecule has 1 heteroatoms. The van der Waals surface area contributed by atoms with Crippen molar-refractivity contribution >= 4 is 5.78 Å². The molecule has 0 saturated carbocycles. The Morgan fingerprint density at radius 3 is 1.63 bits per heavy atom. The highest BCUT2D eigenvalue weighted by atomic mass is 16.1. The number of carbonyl (C=O) groups excluding carboxylic acids is 1. The van der Waals surface area contributed by atoms with E-state index >= 15 is 0 Å². The largest absolute Gasteiger partial charge is 0.289 e. The zero-order valence-corrected chi connectivity index (χ0v) is 24.2. The van der Waals surface area contributed by atoms with E-state index in [2.05, 4.69) is 115 Å². The summed E-state index contributed by atoms with van der Waals surface area (Å²) in [6, 6.07) is 32.1. The van der Waals surface area contributed by atoms with Crippen molar-refractivity contribution in [3.05, 3.63) is 141 Å².